The van der Waals surface area contributed by atoms with Gasteiger partial charge in [-0.25, -0.2) is 4.98 Å². The number of benzene rings is 1. The van der Waals surface area contributed by atoms with Gasteiger partial charge in [-0.1, -0.05) is 30.3 Å². The standard InChI is InChI=1S/C20H20N4O2S/c1-27-18-11-23-20(24-19(18)26-16-12-25-13-16)22-10-14-5-7-15(8-6-14)17-4-2-3-9-21-17/h2-9,11,16H,10,12-13H2,1H3,(H,22,23,24). The number of hydrogen-bond donors (Lipinski definition) is 1. The molecule has 1 saturated heterocycles. The number of anilines is 1. The van der Waals surface area contributed by atoms with Gasteiger partial charge >= 0.3 is 0 Å². The van der Waals surface area contributed by atoms with Crippen LogP contribution in [0.25, 0.3) is 11.3 Å². The fourth-order valence-electron chi connectivity index (χ4n) is 2.61. The van der Waals surface area contributed by atoms with Crippen LogP contribution in [0.3, 0.4) is 0 Å². The summed E-state index contributed by atoms with van der Waals surface area (Å²) in [6.07, 6.45) is 5.66. The Morgan fingerprint density at radius 2 is 2.00 bits per heavy atom. The third-order valence-electron chi connectivity index (χ3n) is 4.19. The van der Waals surface area contributed by atoms with Crippen molar-refractivity contribution in [1.29, 1.82) is 0 Å². The first-order valence-corrected chi connectivity index (χ1v) is 9.94. The Balaban J connectivity index is 1.41. The van der Waals surface area contributed by atoms with Crippen LogP contribution in [0.5, 0.6) is 5.88 Å². The number of hydrogen-bond acceptors (Lipinski definition) is 7. The molecule has 0 atom stereocenters. The van der Waals surface area contributed by atoms with E-state index in [0.29, 0.717) is 31.6 Å². The van der Waals surface area contributed by atoms with E-state index in [1.807, 2.05) is 24.5 Å². The van der Waals surface area contributed by atoms with E-state index in [-0.39, 0.29) is 6.10 Å². The maximum Gasteiger partial charge on any atom is 0.232 e. The maximum absolute atomic E-state index is 5.89. The van der Waals surface area contributed by atoms with Crippen LogP contribution < -0.4 is 10.1 Å². The summed E-state index contributed by atoms with van der Waals surface area (Å²) in [6, 6.07) is 14.2. The van der Waals surface area contributed by atoms with Gasteiger partial charge in [-0.3, -0.25) is 4.98 Å². The van der Waals surface area contributed by atoms with Crippen LogP contribution in [0.1, 0.15) is 5.56 Å². The highest BCUT2D eigenvalue weighted by Crippen LogP contribution is 2.27. The lowest BCUT2D eigenvalue weighted by Gasteiger charge is -2.26. The summed E-state index contributed by atoms with van der Waals surface area (Å²) < 4.78 is 11.0. The molecule has 0 amide bonds. The van der Waals surface area contributed by atoms with Gasteiger partial charge in [0.05, 0.1) is 23.8 Å². The van der Waals surface area contributed by atoms with E-state index in [4.69, 9.17) is 9.47 Å². The Hall–Kier alpha value is -2.64. The number of nitrogens with one attached hydrogen (secondary N) is 1. The molecule has 0 aliphatic carbocycles. The van der Waals surface area contributed by atoms with E-state index in [0.717, 1.165) is 21.7 Å². The Kier molecular flexibility index (Phi) is 5.50. The summed E-state index contributed by atoms with van der Waals surface area (Å²) >= 11 is 1.57. The monoisotopic (exact) mass is 380 g/mol. The predicted octanol–water partition coefficient (Wildman–Crippen LogP) is 3.65. The number of nitrogens with zero attached hydrogens (tertiary/aromatic N) is 3. The van der Waals surface area contributed by atoms with Crippen LogP contribution in [0.4, 0.5) is 5.95 Å². The summed E-state index contributed by atoms with van der Waals surface area (Å²) in [6.45, 7) is 1.86. The molecule has 1 N–H and O–H groups in total. The maximum atomic E-state index is 5.89. The molecule has 0 unspecified atom stereocenters. The number of aromatic nitrogens is 3. The van der Waals surface area contributed by atoms with E-state index in [2.05, 4.69) is 44.5 Å². The molecule has 7 heteroatoms. The van der Waals surface area contributed by atoms with Gasteiger partial charge in [0.15, 0.2) is 0 Å². The van der Waals surface area contributed by atoms with Crippen LogP contribution in [0, 0.1) is 0 Å². The number of rotatable bonds is 7. The van der Waals surface area contributed by atoms with E-state index in [1.165, 1.54) is 0 Å². The molecule has 2 aromatic heterocycles. The third-order valence-corrected chi connectivity index (χ3v) is 4.91. The van der Waals surface area contributed by atoms with Gasteiger partial charge in [-0.2, -0.15) is 4.98 Å². The van der Waals surface area contributed by atoms with E-state index >= 15 is 0 Å². The Morgan fingerprint density at radius 1 is 1.15 bits per heavy atom. The van der Waals surface area contributed by atoms with Gasteiger partial charge in [0.1, 0.15) is 6.10 Å². The van der Waals surface area contributed by atoms with Crippen LogP contribution >= 0.6 is 11.8 Å². The van der Waals surface area contributed by atoms with E-state index in [1.54, 1.807) is 24.2 Å². The average Bonchev–Trinajstić information content (AvgIpc) is 2.70. The van der Waals surface area contributed by atoms with Gasteiger partial charge in [-0.15, -0.1) is 11.8 Å². The quantitative estimate of drug-likeness (QED) is 0.628. The topological polar surface area (TPSA) is 69.2 Å². The summed E-state index contributed by atoms with van der Waals surface area (Å²) in [7, 11) is 0. The van der Waals surface area contributed by atoms with Crippen LogP contribution in [0.15, 0.2) is 59.8 Å². The van der Waals surface area contributed by atoms with Crippen LogP contribution in [-0.2, 0) is 11.3 Å². The second-order valence-electron chi connectivity index (χ2n) is 6.11. The van der Waals surface area contributed by atoms with Crippen molar-refractivity contribution in [2.45, 2.75) is 17.5 Å². The molecule has 0 radical (unpaired) electrons. The molecule has 0 spiro atoms. The lowest BCUT2D eigenvalue weighted by atomic mass is 10.1. The van der Waals surface area contributed by atoms with E-state index < -0.39 is 0 Å². The molecule has 6 nitrogen and oxygen atoms in total. The first-order chi connectivity index (χ1) is 13.3. The normalized spacial score (nSPS) is 13.8. The molecule has 1 aromatic carbocycles. The van der Waals surface area contributed by atoms with Crippen molar-refractivity contribution in [1.82, 2.24) is 15.0 Å². The second-order valence-corrected chi connectivity index (χ2v) is 6.96. The molecule has 138 valence electrons. The zero-order chi connectivity index (χ0) is 18.5. The highest BCUT2D eigenvalue weighted by atomic mass is 32.2. The van der Waals surface area contributed by atoms with Crippen LogP contribution in [-0.4, -0.2) is 40.5 Å². The van der Waals surface area contributed by atoms with Crippen LogP contribution in [0.2, 0.25) is 0 Å². The highest BCUT2D eigenvalue weighted by Gasteiger charge is 2.22. The molecule has 0 bridgehead atoms. The van der Waals surface area contributed by atoms with Crippen molar-refractivity contribution < 1.29 is 9.47 Å². The average molecular weight is 380 g/mol. The molecular weight excluding hydrogens is 360 g/mol. The summed E-state index contributed by atoms with van der Waals surface area (Å²) in [5, 5.41) is 3.26. The first-order valence-electron chi connectivity index (χ1n) is 8.71. The minimum absolute atomic E-state index is 0.0813. The molecule has 1 fully saturated rings. The molecule has 0 saturated carbocycles. The Bertz CT molecular complexity index is 886. The minimum atomic E-state index is 0.0813. The Morgan fingerprint density at radius 3 is 2.67 bits per heavy atom. The molecule has 3 heterocycles. The second kappa shape index (κ2) is 8.37. The van der Waals surface area contributed by atoms with Crippen molar-refractivity contribution in [3.63, 3.8) is 0 Å². The molecular formula is C20H20N4O2S. The largest absolute Gasteiger partial charge is 0.469 e. The summed E-state index contributed by atoms with van der Waals surface area (Å²) in [5.74, 6) is 1.16. The SMILES string of the molecule is CSc1cnc(NCc2ccc(-c3ccccn3)cc2)nc1OC1COC1. The number of thioether (sulfide) groups is 1. The lowest BCUT2D eigenvalue weighted by molar-refractivity contribution is -0.0824. The zero-order valence-corrected chi connectivity index (χ0v) is 15.8. The van der Waals surface area contributed by atoms with E-state index in [9.17, 15) is 0 Å². The fraction of sp³-hybridized carbons (Fsp3) is 0.250. The molecule has 4 rings (SSSR count). The Labute approximate surface area is 162 Å². The van der Waals surface area contributed by atoms with Crippen molar-refractivity contribution in [3.05, 3.63) is 60.4 Å². The minimum Gasteiger partial charge on any atom is -0.469 e. The van der Waals surface area contributed by atoms with Crippen molar-refractivity contribution >= 4 is 17.7 Å². The third kappa shape index (κ3) is 4.37. The van der Waals surface area contributed by atoms with Gasteiger partial charge in [0.25, 0.3) is 0 Å². The summed E-state index contributed by atoms with van der Waals surface area (Å²) in [5.41, 5.74) is 3.20. The summed E-state index contributed by atoms with van der Waals surface area (Å²) in [4.78, 5) is 14.2. The van der Waals surface area contributed by atoms with Gasteiger partial charge in [-0.05, 0) is 24.0 Å². The van der Waals surface area contributed by atoms with Gasteiger partial charge < -0.3 is 14.8 Å². The van der Waals surface area contributed by atoms with Crippen molar-refractivity contribution in [2.24, 2.45) is 0 Å². The highest BCUT2D eigenvalue weighted by molar-refractivity contribution is 7.98. The lowest BCUT2D eigenvalue weighted by Crippen LogP contribution is -2.38. The molecule has 1 aliphatic rings. The zero-order valence-electron chi connectivity index (χ0n) is 15.0. The molecule has 1 aliphatic heterocycles. The van der Waals surface area contributed by atoms with Crippen molar-refractivity contribution in [3.8, 4) is 17.1 Å². The predicted molar refractivity (Wildman–Crippen MR) is 106 cm³/mol. The fourth-order valence-corrected chi connectivity index (χ4v) is 3.04. The first kappa shape index (κ1) is 17.8. The van der Waals surface area contributed by atoms with Gasteiger partial charge in [0.2, 0.25) is 11.8 Å². The van der Waals surface area contributed by atoms with Gasteiger partial charge in [0, 0.05) is 24.5 Å². The molecule has 3 aromatic rings. The number of pyridine rings is 1. The molecule has 27 heavy (non-hydrogen) atoms. The number of ether oxygens (including phenoxy) is 2. The smallest absolute Gasteiger partial charge is 0.232 e. The van der Waals surface area contributed by atoms with Crippen molar-refractivity contribution in [2.75, 3.05) is 24.8 Å².